The van der Waals surface area contributed by atoms with Crippen molar-refractivity contribution in [1.82, 2.24) is 9.80 Å². The van der Waals surface area contributed by atoms with Crippen LogP contribution in [0.1, 0.15) is 54.5 Å². The maximum absolute atomic E-state index is 12.9. The SMILES string of the molecule is CC.CN1CC(=O)OCPCC(=O)CN(Cc2cc(CCC(=O)O)ccc2O)Cc2ccc(CC[C-]=O)cc2C1.[Y]. The number of benzene rings is 2. The van der Waals surface area contributed by atoms with Gasteiger partial charge in [-0.25, -0.2) is 0 Å². The summed E-state index contributed by atoms with van der Waals surface area (Å²) in [5, 5.41) is 19.6. The molecule has 1 aliphatic rings. The summed E-state index contributed by atoms with van der Waals surface area (Å²) in [6, 6.07) is 11.0. The summed E-state index contributed by atoms with van der Waals surface area (Å²) in [7, 11) is 2.01. The Morgan fingerprint density at radius 3 is 2.41 bits per heavy atom. The van der Waals surface area contributed by atoms with E-state index in [1.165, 1.54) is 0 Å². The number of aryl methyl sites for hydroxylation is 2. The number of carboxylic acid groups (broad SMARTS) is 1. The van der Waals surface area contributed by atoms with E-state index in [1.54, 1.807) is 18.2 Å². The van der Waals surface area contributed by atoms with Gasteiger partial charge < -0.3 is 19.7 Å². The fraction of sp³-hybridized carbons (Fsp3) is 0.467. The predicted octanol–water partition coefficient (Wildman–Crippen LogP) is 3.67. The summed E-state index contributed by atoms with van der Waals surface area (Å²) in [6.45, 7) is 5.47. The molecule has 0 saturated heterocycles. The monoisotopic (exact) mass is 660 g/mol. The first-order valence-corrected chi connectivity index (χ1v) is 14.9. The largest absolute Gasteiger partial charge is 0.542 e. The van der Waals surface area contributed by atoms with Gasteiger partial charge in [0.25, 0.3) is 0 Å². The summed E-state index contributed by atoms with van der Waals surface area (Å²) in [4.78, 5) is 50.7. The summed E-state index contributed by atoms with van der Waals surface area (Å²) in [5.41, 5.74) is 4.35. The standard InChI is InChI=1S/C28H34N2O7P.C2H6.Y/c1-29-13-23-11-20(3-2-10-31)4-7-22(23)14-30(16-25(32)18-38-19-37-28(36)17-29)15-24-12-21(5-8-26(24)33)6-9-27(34)35;1-2;/h4-5,7-8,11-12,33,38H,2-3,6,9,13-19H2,1H3,(H,34,35);1-2H3;/q-1;;. The second-order valence-corrected chi connectivity index (χ2v) is 10.7. The van der Waals surface area contributed by atoms with Crippen molar-refractivity contribution in [3.63, 3.8) is 0 Å². The first kappa shape index (κ1) is 37.0. The van der Waals surface area contributed by atoms with Gasteiger partial charge in [0.05, 0.1) is 13.1 Å². The van der Waals surface area contributed by atoms with Gasteiger partial charge >= 0.3 is 11.9 Å². The smallest absolute Gasteiger partial charge is 0.320 e. The molecule has 0 aromatic heterocycles. The molecule has 2 aromatic carbocycles. The number of cyclic esters (lactones) is 1. The van der Waals surface area contributed by atoms with Crippen LogP contribution in [-0.4, -0.2) is 76.7 Å². The Bertz CT molecular complexity index is 1160. The third kappa shape index (κ3) is 13.7. The van der Waals surface area contributed by atoms with Gasteiger partial charge in [0, 0.05) is 70.5 Å². The Morgan fingerprint density at radius 1 is 1.00 bits per heavy atom. The topological polar surface area (TPSA) is 124 Å². The van der Waals surface area contributed by atoms with Crippen molar-refractivity contribution in [2.45, 2.75) is 59.2 Å². The summed E-state index contributed by atoms with van der Waals surface area (Å²) < 4.78 is 5.31. The van der Waals surface area contributed by atoms with Crippen LogP contribution < -0.4 is 0 Å². The van der Waals surface area contributed by atoms with Gasteiger partial charge in [0.2, 0.25) is 0 Å². The number of phenols is 1. The average Bonchev–Trinajstić information content (AvgIpc) is 2.92. The molecule has 1 atom stereocenters. The van der Waals surface area contributed by atoms with Crippen molar-refractivity contribution in [3.05, 3.63) is 64.2 Å². The molecule has 0 fully saturated rings. The number of ether oxygens (including phenoxy) is 1. The Hall–Kier alpha value is -2.03. The quantitative estimate of drug-likeness (QED) is 0.248. The Labute approximate surface area is 269 Å². The minimum absolute atomic E-state index is 0. The Balaban J connectivity index is 0.00000274. The summed E-state index contributed by atoms with van der Waals surface area (Å²) in [5.74, 6) is -1.13. The van der Waals surface area contributed by atoms with Gasteiger partial charge in [0.15, 0.2) is 5.78 Å². The van der Waals surface area contributed by atoms with Crippen LogP contribution in [0.15, 0.2) is 36.4 Å². The van der Waals surface area contributed by atoms with Crippen molar-refractivity contribution >= 4 is 32.6 Å². The molecule has 9 nitrogen and oxygen atoms in total. The number of fused-ring (bicyclic) bond motifs is 1. The van der Waals surface area contributed by atoms with E-state index < -0.39 is 5.97 Å². The van der Waals surface area contributed by atoms with Gasteiger partial charge in [-0.15, -0.1) is 6.42 Å². The number of hydrogen-bond donors (Lipinski definition) is 2. The number of ketones is 1. The molecular weight excluding hydrogens is 620 g/mol. The normalized spacial score (nSPS) is 15.9. The summed E-state index contributed by atoms with van der Waals surface area (Å²) >= 11 is 0. The van der Waals surface area contributed by atoms with E-state index in [4.69, 9.17) is 9.84 Å². The first-order chi connectivity index (χ1) is 19.2. The zero-order chi connectivity index (χ0) is 29.5. The van der Waals surface area contributed by atoms with Gasteiger partial charge in [-0.05, 0) is 41.8 Å². The van der Waals surface area contributed by atoms with Crippen LogP contribution in [0.4, 0.5) is 0 Å². The molecule has 0 amide bonds. The van der Waals surface area contributed by atoms with E-state index in [2.05, 4.69) is 0 Å². The van der Waals surface area contributed by atoms with Gasteiger partial charge in [-0.1, -0.05) is 59.2 Å². The van der Waals surface area contributed by atoms with Crippen LogP contribution in [0, 0.1) is 0 Å². The zero-order valence-electron chi connectivity index (χ0n) is 24.1. The van der Waals surface area contributed by atoms with E-state index in [1.807, 2.05) is 55.2 Å². The molecule has 0 bridgehead atoms. The molecule has 1 aliphatic heterocycles. The maximum Gasteiger partial charge on any atom is 0.320 e. The minimum atomic E-state index is -0.890. The fourth-order valence-electron chi connectivity index (χ4n) is 4.39. The van der Waals surface area contributed by atoms with Crippen molar-refractivity contribution in [2.75, 3.05) is 32.6 Å². The molecule has 11 heteroatoms. The predicted molar refractivity (Wildman–Crippen MR) is 155 cm³/mol. The van der Waals surface area contributed by atoms with Crippen molar-refractivity contribution in [2.24, 2.45) is 0 Å². The van der Waals surface area contributed by atoms with Crippen molar-refractivity contribution in [3.8, 4) is 5.75 Å². The van der Waals surface area contributed by atoms with Gasteiger partial charge in [0.1, 0.15) is 12.1 Å². The number of carboxylic acids is 1. The van der Waals surface area contributed by atoms with E-state index >= 15 is 0 Å². The average molecular weight is 661 g/mol. The van der Waals surface area contributed by atoms with Crippen molar-refractivity contribution < 1.29 is 66.8 Å². The third-order valence-electron chi connectivity index (χ3n) is 6.24. The number of nitrogens with zero attached hydrogens (tertiary/aromatic N) is 2. The zero-order valence-corrected chi connectivity index (χ0v) is 28.0. The van der Waals surface area contributed by atoms with Crippen LogP contribution >= 0.6 is 8.58 Å². The summed E-state index contributed by atoms with van der Waals surface area (Å²) in [6.07, 6.45) is 3.60. The number of hydrogen-bond acceptors (Lipinski definition) is 8. The first-order valence-electron chi connectivity index (χ1n) is 13.5. The molecule has 0 spiro atoms. The number of phenolic OH excluding ortho intramolecular Hbond substituents is 1. The molecule has 221 valence electrons. The maximum atomic E-state index is 12.9. The number of likely N-dealkylation sites (N-methyl/N-ethyl adjacent to an activating group) is 1. The number of Topliss-reactive ketones (excluding diaryl/α,β-unsaturated/α-hetero) is 1. The number of carbonyl (C=O) groups excluding carboxylic acids is 3. The van der Waals surface area contributed by atoms with Crippen LogP contribution in [0.3, 0.4) is 0 Å². The van der Waals surface area contributed by atoms with E-state index in [-0.39, 0.29) is 90.8 Å². The number of carbonyl (C=O) groups is 3. The molecule has 3 rings (SSSR count). The van der Waals surface area contributed by atoms with E-state index in [9.17, 15) is 24.3 Å². The fourth-order valence-corrected chi connectivity index (χ4v) is 5.15. The van der Waals surface area contributed by atoms with Crippen LogP contribution in [0.5, 0.6) is 5.75 Å². The minimum Gasteiger partial charge on any atom is -0.542 e. The molecule has 1 unspecified atom stereocenters. The molecule has 1 heterocycles. The van der Waals surface area contributed by atoms with Crippen molar-refractivity contribution in [1.29, 1.82) is 0 Å². The van der Waals surface area contributed by atoms with Gasteiger partial charge in [-0.3, -0.25) is 30.5 Å². The molecule has 0 aliphatic carbocycles. The molecule has 41 heavy (non-hydrogen) atoms. The van der Waals surface area contributed by atoms with E-state index in [0.29, 0.717) is 44.5 Å². The number of aromatic hydroxyl groups is 1. The molecule has 2 aromatic rings. The molecule has 0 saturated carbocycles. The third-order valence-corrected chi connectivity index (χ3v) is 7.24. The second kappa shape index (κ2) is 20.0. The second-order valence-electron chi connectivity index (χ2n) is 9.55. The number of esters is 1. The number of rotatable bonds is 8. The van der Waals surface area contributed by atoms with Crippen LogP contribution in [0.25, 0.3) is 0 Å². The molecule has 2 N–H and O–H groups in total. The van der Waals surface area contributed by atoms with Crippen LogP contribution in [0.2, 0.25) is 0 Å². The van der Waals surface area contributed by atoms with Gasteiger partial charge in [-0.2, -0.15) is 0 Å². The van der Waals surface area contributed by atoms with Crippen LogP contribution in [-0.2, 0) is 89.1 Å². The van der Waals surface area contributed by atoms with E-state index in [0.717, 1.165) is 22.3 Å². The Morgan fingerprint density at radius 2 is 1.71 bits per heavy atom. The Kier molecular flexibility index (Phi) is 18.0. The molecular formula is C30H40N2O7PY-. The molecule has 1 radical (unpaired) electrons. The number of aliphatic carboxylic acids is 1.